The van der Waals surface area contributed by atoms with Crippen LogP contribution in [0.4, 0.5) is 11.4 Å². The number of anilines is 1. The molecule has 0 bridgehead atoms. The Bertz CT molecular complexity index is 803. The molecule has 0 spiro atoms. The summed E-state index contributed by atoms with van der Waals surface area (Å²) in [5, 5.41) is 18.6. The lowest BCUT2D eigenvalue weighted by molar-refractivity contribution is -0.384. The minimum atomic E-state index is -0.350. The van der Waals surface area contributed by atoms with E-state index in [0.29, 0.717) is 5.56 Å². The molecular formula is C17H17N5O2. The Morgan fingerprint density at radius 2 is 2.00 bits per heavy atom. The Kier molecular flexibility index (Phi) is 4.81. The number of hydrogen-bond acceptors (Lipinski definition) is 5. The second kappa shape index (κ2) is 7.36. The van der Waals surface area contributed by atoms with E-state index in [1.807, 2.05) is 36.4 Å². The van der Waals surface area contributed by atoms with Crippen LogP contribution in [0.3, 0.4) is 0 Å². The molecule has 7 heteroatoms. The minimum absolute atomic E-state index is 0.106. The lowest BCUT2D eigenvalue weighted by atomic mass is 10.0. The van der Waals surface area contributed by atoms with Gasteiger partial charge in [-0.3, -0.25) is 14.8 Å². The summed E-state index contributed by atoms with van der Waals surface area (Å²) in [5.41, 5.74) is 2.41. The van der Waals surface area contributed by atoms with Gasteiger partial charge in [-0.1, -0.05) is 30.3 Å². The maximum atomic E-state index is 11.3. The lowest BCUT2D eigenvalue weighted by Gasteiger charge is -2.09. The predicted molar refractivity (Wildman–Crippen MR) is 91.7 cm³/mol. The fourth-order valence-electron chi connectivity index (χ4n) is 2.48. The van der Waals surface area contributed by atoms with Gasteiger partial charge in [-0.2, -0.15) is 5.10 Å². The van der Waals surface area contributed by atoms with Gasteiger partial charge in [0.15, 0.2) is 0 Å². The number of nitrogens with one attached hydrogen (secondary N) is 1. The standard InChI is InChI=1S/C17H17N5O2/c23-22(24)17-8-7-15(11-16(17)14-5-2-1-3-6-14)19-9-4-10-21-13-18-12-20-21/h1-3,5-8,11-13,19H,4,9-10H2. The lowest BCUT2D eigenvalue weighted by Crippen LogP contribution is -2.07. The smallest absolute Gasteiger partial charge is 0.277 e. The summed E-state index contributed by atoms with van der Waals surface area (Å²) in [6.07, 6.45) is 4.07. The first-order valence-electron chi connectivity index (χ1n) is 7.64. The van der Waals surface area contributed by atoms with Crippen LogP contribution in [0.1, 0.15) is 6.42 Å². The molecule has 7 nitrogen and oxygen atoms in total. The molecule has 0 radical (unpaired) electrons. The summed E-state index contributed by atoms with van der Waals surface area (Å²) >= 11 is 0. The van der Waals surface area contributed by atoms with E-state index in [9.17, 15) is 10.1 Å². The molecule has 0 saturated heterocycles. The zero-order valence-electron chi connectivity index (χ0n) is 13.0. The van der Waals surface area contributed by atoms with Crippen molar-refractivity contribution in [3.05, 3.63) is 71.3 Å². The summed E-state index contributed by atoms with van der Waals surface area (Å²) in [4.78, 5) is 14.8. The van der Waals surface area contributed by atoms with Gasteiger partial charge in [0.2, 0.25) is 0 Å². The normalized spacial score (nSPS) is 10.5. The maximum absolute atomic E-state index is 11.3. The van der Waals surface area contributed by atoms with E-state index in [-0.39, 0.29) is 10.6 Å². The van der Waals surface area contributed by atoms with Crippen molar-refractivity contribution in [2.75, 3.05) is 11.9 Å². The van der Waals surface area contributed by atoms with Crippen LogP contribution in [0, 0.1) is 10.1 Å². The molecule has 0 fully saturated rings. The van der Waals surface area contributed by atoms with Crippen LogP contribution in [0.25, 0.3) is 11.1 Å². The molecule has 0 unspecified atom stereocenters. The van der Waals surface area contributed by atoms with Crippen molar-refractivity contribution in [1.82, 2.24) is 14.8 Å². The van der Waals surface area contributed by atoms with Gasteiger partial charge in [0.05, 0.1) is 10.5 Å². The molecular weight excluding hydrogens is 306 g/mol. The Labute approximate surface area is 139 Å². The van der Waals surface area contributed by atoms with Gasteiger partial charge in [0, 0.05) is 24.8 Å². The Balaban J connectivity index is 1.71. The molecule has 0 saturated carbocycles. The quantitative estimate of drug-likeness (QED) is 0.409. The highest BCUT2D eigenvalue weighted by molar-refractivity contribution is 5.77. The van der Waals surface area contributed by atoms with Crippen molar-refractivity contribution in [3.8, 4) is 11.1 Å². The molecule has 24 heavy (non-hydrogen) atoms. The average molecular weight is 323 g/mol. The third-order valence-electron chi connectivity index (χ3n) is 3.64. The van der Waals surface area contributed by atoms with Gasteiger partial charge in [-0.05, 0) is 24.1 Å². The highest BCUT2D eigenvalue weighted by atomic mass is 16.6. The summed E-state index contributed by atoms with van der Waals surface area (Å²) in [6.45, 7) is 1.51. The molecule has 0 amide bonds. The van der Waals surface area contributed by atoms with Gasteiger partial charge < -0.3 is 5.32 Å². The second-order valence-corrected chi connectivity index (χ2v) is 5.29. The number of nitro groups is 1. The van der Waals surface area contributed by atoms with E-state index in [1.165, 1.54) is 6.33 Å². The highest BCUT2D eigenvalue weighted by Gasteiger charge is 2.15. The van der Waals surface area contributed by atoms with Crippen molar-refractivity contribution in [2.24, 2.45) is 0 Å². The van der Waals surface area contributed by atoms with Crippen LogP contribution in [0.5, 0.6) is 0 Å². The molecule has 122 valence electrons. The topological polar surface area (TPSA) is 85.9 Å². The number of benzene rings is 2. The Morgan fingerprint density at radius 1 is 1.17 bits per heavy atom. The second-order valence-electron chi connectivity index (χ2n) is 5.29. The van der Waals surface area contributed by atoms with Gasteiger partial charge in [-0.25, -0.2) is 4.98 Å². The van der Waals surface area contributed by atoms with Crippen molar-refractivity contribution in [2.45, 2.75) is 13.0 Å². The molecule has 0 atom stereocenters. The van der Waals surface area contributed by atoms with Gasteiger partial charge >= 0.3 is 0 Å². The molecule has 0 aliphatic heterocycles. The van der Waals surface area contributed by atoms with Crippen LogP contribution in [-0.2, 0) is 6.54 Å². The number of aryl methyl sites for hydroxylation is 1. The number of nitro benzene ring substituents is 1. The summed E-state index contributed by atoms with van der Waals surface area (Å²) in [5.74, 6) is 0. The van der Waals surface area contributed by atoms with Crippen LogP contribution in [0.15, 0.2) is 61.2 Å². The first-order chi connectivity index (χ1) is 11.7. The van der Waals surface area contributed by atoms with Gasteiger partial charge in [0.25, 0.3) is 5.69 Å². The molecule has 3 rings (SSSR count). The van der Waals surface area contributed by atoms with E-state index in [2.05, 4.69) is 15.4 Å². The third-order valence-corrected chi connectivity index (χ3v) is 3.64. The first-order valence-corrected chi connectivity index (χ1v) is 7.64. The van der Waals surface area contributed by atoms with Crippen molar-refractivity contribution < 1.29 is 4.92 Å². The van der Waals surface area contributed by atoms with Gasteiger partial charge in [-0.15, -0.1) is 0 Å². The third kappa shape index (κ3) is 3.75. The monoisotopic (exact) mass is 323 g/mol. The first kappa shape index (κ1) is 15.7. The summed E-state index contributed by atoms with van der Waals surface area (Å²) in [7, 11) is 0. The fourth-order valence-corrected chi connectivity index (χ4v) is 2.48. The SMILES string of the molecule is O=[N+]([O-])c1ccc(NCCCn2cncn2)cc1-c1ccccc1. The summed E-state index contributed by atoms with van der Waals surface area (Å²) < 4.78 is 1.77. The van der Waals surface area contributed by atoms with E-state index in [4.69, 9.17) is 0 Å². The molecule has 3 aromatic rings. The van der Waals surface area contributed by atoms with Crippen molar-refractivity contribution >= 4 is 11.4 Å². The predicted octanol–water partition coefficient (Wildman–Crippen LogP) is 3.36. The molecule has 0 aliphatic rings. The van der Waals surface area contributed by atoms with Gasteiger partial charge in [0.1, 0.15) is 12.7 Å². The largest absolute Gasteiger partial charge is 0.385 e. The van der Waals surface area contributed by atoms with Crippen LogP contribution < -0.4 is 5.32 Å². The molecule has 0 aliphatic carbocycles. The van der Waals surface area contributed by atoms with E-state index < -0.39 is 0 Å². The number of rotatable bonds is 7. The Morgan fingerprint density at radius 3 is 2.71 bits per heavy atom. The molecule has 1 N–H and O–H groups in total. The van der Waals surface area contributed by atoms with Crippen LogP contribution >= 0.6 is 0 Å². The maximum Gasteiger partial charge on any atom is 0.277 e. The highest BCUT2D eigenvalue weighted by Crippen LogP contribution is 2.32. The number of nitrogens with zero attached hydrogens (tertiary/aromatic N) is 4. The van der Waals surface area contributed by atoms with Crippen LogP contribution in [-0.4, -0.2) is 26.2 Å². The minimum Gasteiger partial charge on any atom is -0.385 e. The van der Waals surface area contributed by atoms with E-state index in [0.717, 1.165) is 30.8 Å². The molecule has 1 heterocycles. The van der Waals surface area contributed by atoms with E-state index >= 15 is 0 Å². The molecule has 2 aromatic carbocycles. The fraction of sp³-hybridized carbons (Fsp3) is 0.176. The zero-order chi connectivity index (χ0) is 16.8. The van der Waals surface area contributed by atoms with Crippen molar-refractivity contribution in [1.29, 1.82) is 0 Å². The van der Waals surface area contributed by atoms with E-state index in [1.54, 1.807) is 23.1 Å². The zero-order valence-corrected chi connectivity index (χ0v) is 13.0. The van der Waals surface area contributed by atoms with Crippen LogP contribution in [0.2, 0.25) is 0 Å². The number of aromatic nitrogens is 3. The van der Waals surface area contributed by atoms with Crippen molar-refractivity contribution in [3.63, 3.8) is 0 Å². The average Bonchev–Trinajstić information content (AvgIpc) is 3.12. The number of hydrogen-bond donors (Lipinski definition) is 1. The molecule has 1 aromatic heterocycles. The summed E-state index contributed by atoms with van der Waals surface area (Å²) in [6, 6.07) is 14.5. The Hall–Kier alpha value is -3.22.